The van der Waals surface area contributed by atoms with Crippen molar-refractivity contribution < 1.29 is 4.74 Å². The van der Waals surface area contributed by atoms with Gasteiger partial charge in [0.1, 0.15) is 0 Å². The van der Waals surface area contributed by atoms with Crippen LogP contribution in [0.15, 0.2) is 24.3 Å². The fourth-order valence-electron chi connectivity index (χ4n) is 2.31. The molecular weight excluding hydrogens is 212 g/mol. The Hall–Kier alpha value is -1.06. The van der Waals surface area contributed by atoms with Gasteiger partial charge < -0.3 is 15.0 Å². The third-order valence-corrected chi connectivity index (χ3v) is 3.50. The van der Waals surface area contributed by atoms with E-state index in [2.05, 4.69) is 34.5 Å². The van der Waals surface area contributed by atoms with Crippen LogP contribution in [-0.2, 0) is 11.3 Å². The van der Waals surface area contributed by atoms with Crippen LogP contribution in [0.2, 0.25) is 0 Å². The molecule has 3 rings (SSSR count). The summed E-state index contributed by atoms with van der Waals surface area (Å²) >= 11 is 0. The lowest BCUT2D eigenvalue weighted by Gasteiger charge is -2.30. The Balaban J connectivity index is 1.71. The summed E-state index contributed by atoms with van der Waals surface area (Å²) in [5.74, 6) is 0. The van der Waals surface area contributed by atoms with Crippen molar-refractivity contribution in [2.24, 2.45) is 0 Å². The predicted molar refractivity (Wildman–Crippen MR) is 69.3 cm³/mol. The molecule has 0 spiro atoms. The molecule has 17 heavy (non-hydrogen) atoms. The lowest BCUT2D eigenvalue weighted by molar-refractivity contribution is 0.122. The summed E-state index contributed by atoms with van der Waals surface area (Å²) in [6.07, 6.45) is 2.69. The quantitative estimate of drug-likeness (QED) is 0.856. The van der Waals surface area contributed by atoms with Gasteiger partial charge in [-0.1, -0.05) is 18.2 Å². The average Bonchev–Trinajstić information content (AvgIpc) is 3.22. The first kappa shape index (κ1) is 11.1. The number of morpholine rings is 1. The van der Waals surface area contributed by atoms with Gasteiger partial charge in [0.15, 0.2) is 0 Å². The predicted octanol–water partition coefficient (Wildman–Crippen LogP) is 1.78. The maximum atomic E-state index is 5.41. The van der Waals surface area contributed by atoms with Crippen LogP contribution in [0.5, 0.6) is 0 Å². The first-order valence-electron chi connectivity index (χ1n) is 6.57. The van der Waals surface area contributed by atoms with Gasteiger partial charge in [0.2, 0.25) is 0 Å². The number of para-hydroxylation sites is 1. The highest BCUT2D eigenvalue weighted by Gasteiger charge is 2.21. The van der Waals surface area contributed by atoms with E-state index < -0.39 is 0 Å². The zero-order chi connectivity index (χ0) is 11.5. The van der Waals surface area contributed by atoms with Gasteiger partial charge in [0, 0.05) is 31.4 Å². The van der Waals surface area contributed by atoms with Gasteiger partial charge >= 0.3 is 0 Å². The van der Waals surface area contributed by atoms with Crippen molar-refractivity contribution in [3.05, 3.63) is 29.8 Å². The summed E-state index contributed by atoms with van der Waals surface area (Å²) < 4.78 is 5.41. The number of nitrogens with one attached hydrogen (secondary N) is 1. The number of benzene rings is 1. The van der Waals surface area contributed by atoms with Crippen LogP contribution in [0.1, 0.15) is 18.4 Å². The standard InChI is InChI=1S/C14H20N2O/c1-2-4-14(16-7-9-17-10-8-16)12(3-1)11-15-13-5-6-13/h1-4,13,15H,5-11H2. The van der Waals surface area contributed by atoms with E-state index in [-0.39, 0.29) is 0 Å². The third kappa shape index (κ3) is 2.79. The Morgan fingerprint density at radius 3 is 2.71 bits per heavy atom. The molecule has 1 N–H and O–H groups in total. The van der Waals surface area contributed by atoms with Gasteiger partial charge in [-0.3, -0.25) is 0 Å². The van der Waals surface area contributed by atoms with Crippen molar-refractivity contribution in [2.45, 2.75) is 25.4 Å². The fourth-order valence-corrected chi connectivity index (χ4v) is 2.31. The van der Waals surface area contributed by atoms with E-state index in [0.29, 0.717) is 0 Å². The summed E-state index contributed by atoms with van der Waals surface area (Å²) in [6.45, 7) is 4.73. The Kier molecular flexibility index (Phi) is 3.29. The topological polar surface area (TPSA) is 24.5 Å². The second kappa shape index (κ2) is 5.07. The highest BCUT2D eigenvalue weighted by Crippen LogP contribution is 2.24. The lowest BCUT2D eigenvalue weighted by Crippen LogP contribution is -2.37. The highest BCUT2D eigenvalue weighted by atomic mass is 16.5. The summed E-state index contributed by atoms with van der Waals surface area (Å²) in [5, 5.41) is 3.59. The van der Waals surface area contributed by atoms with Gasteiger partial charge in [-0.05, 0) is 24.5 Å². The zero-order valence-electron chi connectivity index (χ0n) is 10.2. The Bertz CT molecular complexity index is 370. The Labute approximate surface area is 103 Å². The second-order valence-electron chi connectivity index (χ2n) is 4.88. The van der Waals surface area contributed by atoms with Crippen molar-refractivity contribution >= 4 is 5.69 Å². The molecule has 1 aromatic carbocycles. The molecule has 1 aromatic rings. The fraction of sp³-hybridized carbons (Fsp3) is 0.571. The number of hydrogen-bond donors (Lipinski definition) is 1. The van der Waals surface area contributed by atoms with E-state index in [1.165, 1.54) is 24.1 Å². The molecule has 2 fully saturated rings. The molecule has 0 amide bonds. The lowest BCUT2D eigenvalue weighted by atomic mass is 10.1. The average molecular weight is 232 g/mol. The molecule has 3 nitrogen and oxygen atoms in total. The summed E-state index contributed by atoms with van der Waals surface area (Å²) in [4.78, 5) is 2.44. The molecule has 1 saturated carbocycles. The summed E-state index contributed by atoms with van der Waals surface area (Å²) in [7, 11) is 0. The van der Waals surface area contributed by atoms with Gasteiger partial charge in [0.25, 0.3) is 0 Å². The van der Waals surface area contributed by atoms with E-state index in [1.54, 1.807) is 0 Å². The number of ether oxygens (including phenoxy) is 1. The molecule has 1 saturated heterocycles. The molecule has 0 bridgehead atoms. The zero-order valence-corrected chi connectivity index (χ0v) is 10.2. The van der Waals surface area contributed by atoms with Crippen molar-refractivity contribution in [1.29, 1.82) is 0 Å². The maximum Gasteiger partial charge on any atom is 0.0642 e. The van der Waals surface area contributed by atoms with Crippen molar-refractivity contribution in [1.82, 2.24) is 5.32 Å². The largest absolute Gasteiger partial charge is 0.378 e. The minimum Gasteiger partial charge on any atom is -0.378 e. The molecule has 92 valence electrons. The van der Waals surface area contributed by atoms with Crippen LogP contribution in [0.3, 0.4) is 0 Å². The van der Waals surface area contributed by atoms with Crippen molar-refractivity contribution in [2.75, 3.05) is 31.2 Å². The Morgan fingerprint density at radius 2 is 1.94 bits per heavy atom. The second-order valence-corrected chi connectivity index (χ2v) is 4.88. The van der Waals surface area contributed by atoms with Gasteiger partial charge in [0.05, 0.1) is 13.2 Å². The first-order valence-corrected chi connectivity index (χ1v) is 6.57. The molecule has 0 unspecified atom stereocenters. The molecule has 0 aromatic heterocycles. The van der Waals surface area contributed by atoms with Crippen LogP contribution in [0.4, 0.5) is 5.69 Å². The Morgan fingerprint density at radius 1 is 1.18 bits per heavy atom. The van der Waals surface area contributed by atoms with Crippen molar-refractivity contribution in [3.8, 4) is 0 Å². The van der Waals surface area contributed by atoms with Gasteiger partial charge in [-0.15, -0.1) is 0 Å². The number of hydrogen-bond acceptors (Lipinski definition) is 3. The number of rotatable bonds is 4. The number of nitrogens with zero attached hydrogens (tertiary/aromatic N) is 1. The van der Waals surface area contributed by atoms with E-state index in [4.69, 9.17) is 4.74 Å². The summed E-state index contributed by atoms with van der Waals surface area (Å²) in [5.41, 5.74) is 2.80. The van der Waals surface area contributed by atoms with Gasteiger partial charge in [-0.25, -0.2) is 0 Å². The van der Waals surface area contributed by atoms with Crippen molar-refractivity contribution in [3.63, 3.8) is 0 Å². The molecular formula is C14H20N2O. The molecule has 1 aliphatic carbocycles. The van der Waals surface area contributed by atoms with E-state index in [0.717, 1.165) is 38.9 Å². The van der Waals surface area contributed by atoms with Crippen LogP contribution < -0.4 is 10.2 Å². The first-order chi connectivity index (χ1) is 8.43. The molecule has 0 radical (unpaired) electrons. The van der Waals surface area contributed by atoms with Crippen LogP contribution in [0.25, 0.3) is 0 Å². The van der Waals surface area contributed by atoms with Crippen LogP contribution in [-0.4, -0.2) is 32.3 Å². The van der Waals surface area contributed by atoms with E-state index in [1.807, 2.05) is 0 Å². The van der Waals surface area contributed by atoms with Crippen LogP contribution >= 0.6 is 0 Å². The molecule has 0 atom stereocenters. The SMILES string of the molecule is c1ccc(N2CCOCC2)c(CNC2CC2)c1. The summed E-state index contributed by atoms with van der Waals surface area (Å²) in [6, 6.07) is 9.50. The van der Waals surface area contributed by atoms with Gasteiger partial charge in [-0.2, -0.15) is 0 Å². The van der Waals surface area contributed by atoms with E-state index in [9.17, 15) is 0 Å². The van der Waals surface area contributed by atoms with Crippen LogP contribution in [0, 0.1) is 0 Å². The monoisotopic (exact) mass is 232 g/mol. The normalized spacial score (nSPS) is 20.6. The molecule has 1 heterocycles. The minimum absolute atomic E-state index is 0.771. The molecule has 3 heteroatoms. The highest BCUT2D eigenvalue weighted by molar-refractivity contribution is 5.53. The number of anilines is 1. The maximum absolute atomic E-state index is 5.41. The molecule has 2 aliphatic rings. The third-order valence-electron chi connectivity index (χ3n) is 3.50. The molecule has 1 aliphatic heterocycles. The minimum atomic E-state index is 0.771. The smallest absolute Gasteiger partial charge is 0.0642 e. The van der Waals surface area contributed by atoms with E-state index >= 15 is 0 Å².